The summed E-state index contributed by atoms with van der Waals surface area (Å²) >= 11 is 0. The average molecular weight is 409 g/mol. The molecule has 0 spiro atoms. The van der Waals surface area contributed by atoms with E-state index in [0.717, 1.165) is 27.9 Å². The number of aryl methyl sites for hydroxylation is 4. The molecule has 0 bridgehead atoms. The fourth-order valence-electron chi connectivity index (χ4n) is 3.92. The normalized spacial score (nSPS) is 11.7. The van der Waals surface area contributed by atoms with Crippen LogP contribution >= 0.6 is 0 Å². The highest BCUT2D eigenvalue weighted by Crippen LogP contribution is 2.30. The number of rotatable bonds is 7. The summed E-state index contributed by atoms with van der Waals surface area (Å²) in [5.41, 5.74) is 6.22. The first-order chi connectivity index (χ1) is 14.1. The van der Waals surface area contributed by atoms with E-state index in [1.54, 1.807) is 11.8 Å². The minimum Gasteiger partial charge on any atom is -0.479 e. The lowest BCUT2D eigenvalue weighted by Crippen LogP contribution is -2.36. The molecule has 0 saturated heterocycles. The van der Waals surface area contributed by atoms with Gasteiger partial charge in [-0.3, -0.25) is 4.79 Å². The number of amides is 1. The van der Waals surface area contributed by atoms with Gasteiger partial charge in [-0.25, -0.2) is 9.67 Å². The Balaban J connectivity index is 1.69. The van der Waals surface area contributed by atoms with Gasteiger partial charge < -0.3 is 10.1 Å². The zero-order valence-electron chi connectivity index (χ0n) is 19.1. The summed E-state index contributed by atoms with van der Waals surface area (Å²) in [6.45, 7) is 11.0. The van der Waals surface area contributed by atoms with Crippen LogP contribution in [-0.2, 0) is 23.7 Å². The summed E-state index contributed by atoms with van der Waals surface area (Å²) in [4.78, 5) is 17.3. The predicted molar refractivity (Wildman–Crippen MR) is 120 cm³/mol. The van der Waals surface area contributed by atoms with Gasteiger partial charge in [0.25, 0.3) is 0 Å². The molecule has 1 amide bonds. The van der Waals surface area contributed by atoms with Crippen LogP contribution in [0.3, 0.4) is 0 Å². The Morgan fingerprint density at radius 1 is 1.23 bits per heavy atom. The Kier molecular flexibility index (Phi) is 6.15. The van der Waals surface area contributed by atoms with E-state index in [9.17, 15) is 4.79 Å². The molecule has 0 aliphatic rings. The van der Waals surface area contributed by atoms with Crippen LogP contribution in [0.5, 0.6) is 5.88 Å². The van der Waals surface area contributed by atoms with Gasteiger partial charge in [-0.2, -0.15) is 0 Å². The lowest BCUT2D eigenvalue weighted by molar-refractivity contribution is -0.121. The maximum Gasteiger partial charge on any atom is 0.242 e. The monoisotopic (exact) mass is 408 g/mol. The van der Waals surface area contributed by atoms with Crippen LogP contribution < -0.4 is 10.1 Å². The van der Waals surface area contributed by atoms with Crippen molar-refractivity contribution in [2.45, 2.75) is 52.9 Å². The molecule has 160 valence electrons. The second kappa shape index (κ2) is 8.46. The molecule has 1 N–H and O–H groups in total. The molecule has 6 nitrogen and oxygen atoms in total. The minimum absolute atomic E-state index is 0.0489. The van der Waals surface area contributed by atoms with E-state index in [-0.39, 0.29) is 11.3 Å². The predicted octanol–water partition coefficient (Wildman–Crippen LogP) is 3.93. The highest BCUT2D eigenvalue weighted by atomic mass is 16.5. The van der Waals surface area contributed by atoms with Crippen molar-refractivity contribution in [3.63, 3.8) is 0 Å². The van der Waals surface area contributed by atoms with Crippen molar-refractivity contribution >= 4 is 16.9 Å². The lowest BCUT2D eigenvalue weighted by Gasteiger charge is -2.26. The van der Waals surface area contributed by atoms with Gasteiger partial charge in [-0.15, -0.1) is 5.10 Å². The number of hydrogen-bond acceptors (Lipinski definition) is 4. The van der Waals surface area contributed by atoms with Gasteiger partial charge >= 0.3 is 0 Å². The molecule has 2 aromatic heterocycles. The van der Waals surface area contributed by atoms with E-state index in [1.165, 1.54) is 11.1 Å². The molecule has 1 aromatic carbocycles. The second-order valence-electron chi connectivity index (χ2n) is 8.66. The number of methoxy groups -OCH3 is 1. The number of ether oxygens (including phenoxy) is 1. The van der Waals surface area contributed by atoms with E-state index < -0.39 is 0 Å². The number of carbonyl (C=O) groups is 1. The Bertz CT molecular complexity index is 1080. The molecule has 0 saturated carbocycles. The number of fused-ring (bicyclic) bond motifs is 1. The largest absolute Gasteiger partial charge is 0.479 e. The van der Waals surface area contributed by atoms with Gasteiger partial charge in [0.05, 0.1) is 12.5 Å². The molecule has 0 radical (unpaired) electrons. The molecule has 2 heterocycles. The van der Waals surface area contributed by atoms with Crippen molar-refractivity contribution < 1.29 is 9.53 Å². The Morgan fingerprint density at radius 3 is 2.63 bits per heavy atom. The van der Waals surface area contributed by atoms with Gasteiger partial charge in [0.1, 0.15) is 0 Å². The number of nitrogens with one attached hydrogen (secondary N) is 1. The molecule has 30 heavy (non-hydrogen) atoms. The Labute approximate surface area is 178 Å². The molecule has 3 aromatic rings. The summed E-state index contributed by atoms with van der Waals surface area (Å²) in [5, 5.41) is 8.42. The first-order valence-corrected chi connectivity index (χ1v) is 10.3. The van der Waals surface area contributed by atoms with E-state index in [2.05, 4.69) is 62.4 Å². The molecule has 0 atom stereocenters. The van der Waals surface area contributed by atoms with Gasteiger partial charge in [-0.05, 0) is 43.9 Å². The maximum atomic E-state index is 12.6. The molecule has 0 fully saturated rings. The second-order valence-corrected chi connectivity index (χ2v) is 8.66. The highest BCUT2D eigenvalue weighted by Gasteiger charge is 2.22. The first-order valence-electron chi connectivity index (χ1n) is 10.3. The minimum atomic E-state index is -0.128. The molecular formula is C24H32N4O2. The highest BCUT2D eigenvalue weighted by molar-refractivity contribution is 5.86. The number of carbonyl (C=O) groups excluding carboxylic acids is 1. The zero-order valence-corrected chi connectivity index (χ0v) is 19.1. The maximum absolute atomic E-state index is 12.6. The molecule has 3 rings (SSSR count). The van der Waals surface area contributed by atoms with Crippen LogP contribution in [0.25, 0.3) is 11.0 Å². The van der Waals surface area contributed by atoms with Gasteiger partial charge in [0.2, 0.25) is 11.8 Å². The quantitative estimate of drug-likeness (QED) is 0.643. The molecule has 0 aliphatic heterocycles. The number of nitrogens with zero attached hydrogens (tertiary/aromatic N) is 3. The van der Waals surface area contributed by atoms with E-state index >= 15 is 0 Å². The third-order valence-electron chi connectivity index (χ3n) is 5.85. The summed E-state index contributed by atoms with van der Waals surface area (Å²) in [7, 11) is 3.48. The topological polar surface area (TPSA) is 69.0 Å². The molecule has 6 heteroatoms. The van der Waals surface area contributed by atoms with Crippen LogP contribution in [-0.4, -0.2) is 34.3 Å². The van der Waals surface area contributed by atoms with Crippen LogP contribution in [0.15, 0.2) is 24.3 Å². The third-order valence-corrected chi connectivity index (χ3v) is 5.85. The lowest BCUT2D eigenvalue weighted by atomic mass is 9.84. The van der Waals surface area contributed by atoms with Crippen molar-refractivity contribution in [3.8, 4) is 5.88 Å². The van der Waals surface area contributed by atoms with Crippen molar-refractivity contribution in [1.29, 1.82) is 0 Å². The number of benzene rings is 1. The van der Waals surface area contributed by atoms with Crippen LogP contribution in [0.4, 0.5) is 0 Å². The Morgan fingerprint density at radius 2 is 1.97 bits per heavy atom. The van der Waals surface area contributed by atoms with Crippen molar-refractivity contribution in [3.05, 3.63) is 52.2 Å². The smallest absolute Gasteiger partial charge is 0.242 e. The molecule has 0 unspecified atom stereocenters. The van der Waals surface area contributed by atoms with E-state index in [0.29, 0.717) is 25.3 Å². The van der Waals surface area contributed by atoms with Gasteiger partial charge in [0.15, 0.2) is 5.65 Å². The summed E-state index contributed by atoms with van der Waals surface area (Å²) in [6, 6.07) is 8.45. The number of aromatic nitrogens is 3. The number of pyridine rings is 1. The fraction of sp³-hybridized carbons (Fsp3) is 0.458. The number of hydrogen-bond donors (Lipinski definition) is 1. The first kappa shape index (κ1) is 21.8. The van der Waals surface area contributed by atoms with E-state index in [4.69, 9.17) is 9.72 Å². The van der Waals surface area contributed by atoms with Crippen LogP contribution in [0, 0.1) is 20.8 Å². The standard InChI is InChI=1S/C24H32N4O2/c1-15-9-8-10-18(13-15)24(4,5)14-25-20(29)12-11-19-16(2)21-22(26-17(19)3)28(6)27-23(21)30-7/h8-10,13H,11-12,14H2,1-7H3,(H,25,29). The van der Waals surface area contributed by atoms with Crippen LogP contribution in [0.2, 0.25) is 0 Å². The van der Waals surface area contributed by atoms with Crippen molar-refractivity contribution in [2.24, 2.45) is 7.05 Å². The summed E-state index contributed by atoms with van der Waals surface area (Å²) in [6.07, 6.45) is 1.05. The van der Waals surface area contributed by atoms with E-state index in [1.807, 2.05) is 14.0 Å². The van der Waals surface area contributed by atoms with Crippen LogP contribution in [0.1, 0.15) is 48.2 Å². The van der Waals surface area contributed by atoms with Crippen molar-refractivity contribution in [2.75, 3.05) is 13.7 Å². The summed E-state index contributed by atoms with van der Waals surface area (Å²) < 4.78 is 7.16. The molecule has 0 aliphatic carbocycles. The van der Waals surface area contributed by atoms with Crippen molar-refractivity contribution in [1.82, 2.24) is 20.1 Å². The zero-order chi connectivity index (χ0) is 22.1. The SMILES string of the molecule is COc1nn(C)c2nc(C)c(CCC(=O)NCC(C)(C)c3cccc(C)c3)c(C)c12. The summed E-state index contributed by atoms with van der Waals surface area (Å²) in [5.74, 6) is 0.621. The molecular weight excluding hydrogens is 376 g/mol. The van der Waals surface area contributed by atoms with Gasteiger partial charge in [-0.1, -0.05) is 43.7 Å². The van der Waals surface area contributed by atoms with Gasteiger partial charge in [0, 0.05) is 31.1 Å². The third kappa shape index (κ3) is 4.32. The average Bonchev–Trinajstić information content (AvgIpc) is 3.02. The Hall–Kier alpha value is -2.89. The fourth-order valence-corrected chi connectivity index (χ4v) is 3.92.